The van der Waals surface area contributed by atoms with Crippen LogP contribution in [0.2, 0.25) is 0 Å². The van der Waals surface area contributed by atoms with Gasteiger partial charge in [-0.05, 0) is 44.0 Å². The SMILES string of the molecule is CC(CNC(=O)CC1(C(=O)O)CCC1)Oc1ccc(F)cc1. The fraction of sp³-hybridized carbons (Fsp3) is 0.500. The van der Waals surface area contributed by atoms with Gasteiger partial charge in [0.25, 0.3) is 0 Å². The lowest BCUT2D eigenvalue weighted by Gasteiger charge is -2.37. The molecule has 0 radical (unpaired) electrons. The summed E-state index contributed by atoms with van der Waals surface area (Å²) in [5, 5.41) is 11.9. The summed E-state index contributed by atoms with van der Waals surface area (Å²) in [5.74, 6) is -1.00. The van der Waals surface area contributed by atoms with Crippen LogP contribution < -0.4 is 10.1 Å². The molecule has 6 heteroatoms. The number of rotatable bonds is 7. The number of amides is 1. The molecule has 0 saturated heterocycles. The number of benzene rings is 1. The van der Waals surface area contributed by atoms with Crippen LogP contribution in [0, 0.1) is 11.2 Å². The van der Waals surface area contributed by atoms with Gasteiger partial charge in [-0.15, -0.1) is 0 Å². The molecule has 1 unspecified atom stereocenters. The largest absolute Gasteiger partial charge is 0.489 e. The molecular formula is C16H20FNO4. The minimum absolute atomic E-state index is 0.00556. The molecule has 1 aliphatic carbocycles. The van der Waals surface area contributed by atoms with E-state index < -0.39 is 11.4 Å². The molecule has 1 aliphatic rings. The number of carboxylic acid groups (broad SMARTS) is 1. The maximum absolute atomic E-state index is 12.8. The summed E-state index contributed by atoms with van der Waals surface area (Å²) < 4.78 is 18.3. The molecule has 0 bridgehead atoms. The Labute approximate surface area is 128 Å². The maximum Gasteiger partial charge on any atom is 0.310 e. The number of halogens is 1. The number of nitrogens with one attached hydrogen (secondary N) is 1. The van der Waals surface area contributed by atoms with Crippen molar-refractivity contribution in [2.24, 2.45) is 5.41 Å². The zero-order chi connectivity index (χ0) is 16.2. The predicted octanol–water partition coefficient (Wildman–Crippen LogP) is 2.35. The molecular weight excluding hydrogens is 289 g/mol. The first kappa shape index (κ1) is 16.3. The normalized spacial score (nSPS) is 17.2. The minimum Gasteiger partial charge on any atom is -0.489 e. The van der Waals surface area contributed by atoms with E-state index >= 15 is 0 Å². The second-order valence-electron chi connectivity index (χ2n) is 5.80. The number of hydrogen-bond donors (Lipinski definition) is 2. The molecule has 1 aromatic rings. The van der Waals surface area contributed by atoms with Crippen LogP contribution in [0.25, 0.3) is 0 Å². The van der Waals surface area contributed by atoms with Crippen LogP contribution >= 0.6 is 0 Å². The summed E-state index contributed by atoms with van der Waals surface area (Å²) in [6, 6.07) is 5.63. The lowest BCUT2D eigenvalue weighted by atomic mass is 9.66. The molecule has 22 heavy (non-hydrogen) atoms. The molecule has 0 spiro atoms. The van der Waals surface area contributed by atoms with Gasteiger partial charge in [-0.1, -0.05) is 6.42 Å². The van der Waals surface area contributed by atoms with Gasteiger partial charge >= 0.3 is 5.97 Å². The molecule has 0 aliphatic heterocycles. The van der Waals surface area contributed by atoms with Gasteiger partial charge in [-0.2, -0.15) is 0 Å². The Morgan fingerprint density at radius 2 is 2.00 bits per heavy atom. The first-order valence-corrected chi connectivity index (χ1v) is 7.34. The average Bonchev–Trinajstić information content (AvgIpc) is 2.43. The number of hydrogen-bond acceptors (Lipinski definition) is 3. The number of carboxylic acids is 1. The predicted molar refractivity (Wildman–Crippen MR) is 78.0 cm³/mol. The van der Waals surface area contributed by atoms with Crippen LogP contribution in [0.4, 0.5) is 4.39 Å². The van der Waals surface area contributed by atoms with Crippen LogP contribution in [0.3, 0.4) is 0 Å². The van der Waals surface area contributed by atoms with Gasteiger partial charge in [0, 0.05) is 6.42 Å². The lowest BCUT2D eigenvalue weighted by molar-refractivity contribution is -0.157. The van der Waals surface area contributed by atoms with Crippen molar-refractivity contribution in [2.75, 3.05) is 6.54 Å². The summed E-state index contributed by atoms with van der Waals surface area (Å²) in [7, 11) is 0. The Bertz CT molecular complexity index is 540. The highest BCUT2D eigenvalue weighted by atomic mass is 19.1. The summed E-state index contributed by atoms with van der Waals surface area (Å²) in [6.07, 6.45) is 1.67. The zero-order valence-electron chi connectivity index (χ0n) is 12.5. The Morgan fingerprint density at radius 3 is 2.50 bits per heavy atom. The van der Waals surface area contributed by atoms with Gasteiger partial charge in [0.2, 0.25) is 5.91 Å². The number of ether oxygens (including phenoxy) is 1. The molecule has 5 nitrogen and oxygen atoms in total. The van der Waals surface area contributed by atoms with E-state index in [1.54, 1.807) is 6.92 Å². The molecule has 0 aromatic heterocycles. The Kier molecular flexibility index (Phi) is 5.00. The standard InChI is InChI=1S/C16H20FNO4/c1-11(22-13-5-3-12(17)4-6-13)10-18-14(19)9-16(15(20)21)7-2-8-16/h3-6,11H,2,7-10H2,1H3,(H,18,19)(H,20,21). The fourth-order valence-electron chi connectivity index (χ4n) is 2.48. The quantitative estimate of drug-likeness (QED) is 0.810. The molecule has 1 atom stereocenters. The van der Waals surface area contributed by atoms with Crippen LogP contribution in [0.5, 0.6) is 5.75 Å². The summed E-state index contributed by atoms with van der Waals surface area (Å²) >= 11 is 0. The van der Waals surface area contributed by atoms with Crippen molar-refractivity contribution in [3.8, 4) is 5.75 Å². The number of carbonyl (C=O) groups excluding carboxylic acids is 1. The second-order valence-corrected chi connectivity index (χ2v) is 5.80. The third kappa shape index (κ3) is 3.96. The third-order valence-corrected chi connectivity index (χ3v) is 4.00. The van der Waals surface area contributed by atoms with Crippen LogP contribution in [-0.2, 0) is 9.59 Å². The van der Waals surface area contributed by atoms with Crippen LogP contribution in [-0.4, -0.2) is 29.6 Å². The second kappa shape index (κ2) is 6.77. The van der Waals surface area contributed by atoms with E-state index in [0.717, 1.165) is 6.42 Å². The van der Waals surface area contributed by atoms with E-state index in [1.807, 2.05) is 0 Å². The van der Waals surface area contributed by atoms with Gasteiger partial charge in [0.15, 0.2) is 0 Å². The monoisotopic (exact) mass is 309 g/mol. The lowest BCUT2D eigenvalue weighted by Crippen LogP contribution is -2.44. The summed E-state index contributed by atoms with van der Waals surface area (Å²) in [6.45, 7) is 2.05. The molecule has 2 N–H and O–H groups in total. The van der Waals surface area contributed by atoms with E-state index in [1.165, 1.54) is 24.3 Å². The number of aliphatic carboxylic acids is 1. The van der Waals surface area contributed by atoms with E-state index in [9.17, 15) is 19.1 Å². The van der Waals surface area contributed by atoms with E-state index in [0.29, 0.717) is 18.6 Å². The molecule has 0 heterocycles. The third-order valence-electron chi connectivity index (χ3n) is 4.00. The van der Waals surface area contributed by atoms with Crippen LogP contribution in [0.1, 0.15) is 32.6 Å². The highest BCUT2D eigenvalue weighted by Crippen LogP contribution is 2.44. The van der Waals surface area contributed by atoms with Gasteiger partial charge in [-0.25, -0.2) is 4.39 Å². The maximum atomic E-state index is 12.8. The summed E-state index contributed by atoms with van der Waals surface area (Å²) in [4.78, 5) is 23.1. The Hall–Kier alpha value is -2.11. The minimum atomic E-state index is -0.899. The van der Waals surface area contributed by atoms with Gasteiger partial charge < -0.3 is 15.2 Å². The van der Waals surface area contributed by atoms with E-state index in [-0.39, 0.29) is 30.8 Å². The van der Waals surface area contributed by atoms with Crippen LogP contribution in [0.15, 0.2) is 24.3 Å². The van der Waals surface area contributed by atoms with Gasteiger partial charge in [0.05, 0.1) is 12.0 Å². The topological polar surface area (TPSA) is 75.6 Å². The molecule has 1 saturated carbocycles. The van der Waals surface area contributed by atoms with Crippen molar-refractivity contribution in [2.45, 2.75) is 38.7 Å². The van der Waals surface area contributed by atoms with E-state index in [4.69, 9.17) is 4.74 Å². The highest BCUT2D eigenvalue weighted by Gasteiger charge is 2.45. The first-order chi connectivity index (χ1) is 10.4. The van der Waals surface area contributed by atoms with E-state index in [2.05, 4.69) is 5.32 Å². The smallest absolute Gasteiger partial charge is 0.310 e. The van der Waals surface area contributed by atoms with Gasteiger partial charge in [-0.3, -0.25) is 9.59 Å². The molecule has 1 fully saturated rings. The highest BCUT2D eigenvalue weighted by molar-refractivity contribution is 5.85. The van der Waals surface area contributed by atoms with Crippen molar-refractivity contribution in [1.29, 1.82) is 0 Å². The summed E-state index contributed by atoms with van der Waals surface area (Å²) in [5.41, 5.74) is -0.884. The molecule has 2 rings (SSSR count). The zero-order valence-corrected chi connectivity index (χ0v) is 12.5. The number of carbonyl (C=O) groups is 2. The van der Waals surface area contributed by atoms with Crippen molar-refractivity contribution >= 4 is 11.9 Å². The average molecular weight is 309 g/mol. The first-order valence-electron chi connectivity index (χ1n) is 7.34. The molecule has 1 aromatic carbocycles. The van der Waals surface area contributed by atoms with Crippen molar-refractivity contribution in [3.63, 3.8) is 0 Å². The van der Waals surface area contributed by atoms with Crippen molar-refractivity contribution in [3.05, 3.63) is 30.1 Å². The van der Waals surface area contributed by atoms with Crippen molar-refractivity contribution in [1.82, 2.24) is 5.32 Å². The van der Waals surface area contributed by atoms with Gasteiger partial charge in [0.1, 0.15) is 17.7 Å². The Morgan fingerprint density at radius 1 is 1.36 bits per heavy atom. The Balaban J connectivity index is 1.76. The molecule has 120 valence electrons. The fourth-order valence-corrected chi connectivity index (χ4v) is 2.48. The molecule has 1 amide bonds. The van der Waals surface area contributed by atoms with Crippen molar-refractivity contribution < 1.29 is 23.8 Å².